The van der Waals surface area contributed by atoms with Crippen LogP contribution in [-0.4, -0.2) is 18.0 Å². The summed E-state index contributed by atoms with van der Waals surface area (Å²) in [5, 5.41) is 6.72. The summed E-state index contributed by atoms with van der Waals surface area (Å²) >= 11 is 11.8. The van der Waals surface area contributed by atoms with Crippen molar-refractivity contribution in [2.24, 2.45) is 5.10 Å². The van der Waals surface area contributed by atoms with Gasteiger partial charge in [0.15, 0.2) is 0 Å². The molecule has 0 fully saturated rings. The van der Waals surface area contributed by atoms with Gasteiger partial charge in [0.2, 0.25) is 0 Å². The van der Waals surface area contributed by atoms with Crippen molar-refractivity contribution in [1.29, 1.82) is 0 Å². The number of benzene rings is 3. The summed E-state index contributed by atoms with van der Waals surface area (Å²) in [7, 11) is 0. The molecule has 0 saturated heterocycles. The molecule has 0 aromatic heterocycles. The summed E-state index contributed by atoms with van der Waals surface area (Å²) in [5.74, 6) is -1.59. The average Bonchev–Trinajstić information content (AvgIpc) is 2.76. The van der Waals surface area contributed by atoms with E-state index >= 15 is 0 Å². The molecule has 0 aliphatic heterocycles. The van der Waals surface area contributed by atoms with Crippen molar-refractivity contribution in [3.8, 4) is 5.75 Å². The summed E-state index contributed by atoms with van der Waals surface area (Å²) in [6.45, 7) is 0.301. The monoisotopic (exact) mass is 459 g/mol. The van der Waals surface area contributed by atoms with Crippen LogP contribution in [0.4, 0.5) is 10.1 Å². The number of hydrogen-bond donors (Lipinski definition) is 2. The fraction of sp³-hybridized carbons (Fsp3) is 0.0455. The summed E-state index contributed by atoms with van der Waals surface area (Å²) in [5.41, 5.74) is 3.86. The Balaban J connectivity index is 1.48. The van der Waals surface area contributed by atoms with Crippen molar-refractivity contribution >= 4 is 46.9 Å². The normalized spacial score (nSPS) is 10.7. The predicted octanol–water partition coefficient (Wildman–Crippen LogP) is 4.80. The Morgan fingerprint density at radius 2 is 1.68 bits per heavy atom. The molecule has 2 amide bonds. The van der Waals surface area contributed by atoms with Crippen molar-refractivity contribution in [3.63, 3.8) is 0 Å². The van der Waals surface area contributed by atoms with Crippen LogP contribution in [0.15, 0.2) is 71.8 Å². The predicted molar refractivity (Wildman–Crippen MR) is 118 cm³/mol. The Bertz CT molecular complexity index is 1100. The fourth-order valence-electron chi connectivity index (χ4n) is 2.39. The zero-order chi connectivity index (χ0) is 22.2. The number of nitrogens with one attached hydrogen (secondary N) is 2. The van der Waals surface area contributed by atoms with Gasteiger partial charge in [0.1, 0.15) is 18.2 Å². The van der Waals surface area contributed by atoms with E-state index in [1.165, 1.54) is 30.5 Å². The summed E-state index contributed by atoms with van der Waals surface area (Å²) in [6.07, 6.45) is 1.38. The molecule has 6 nitrogen and oxygen atoms in total. The van der Waals surface area contributed by atoms with Gasteiger partial charge in [0.05, 0.1) is 16.9 Å². The number of ether oxygens (including phenoxy) is 1. The molecule has 0 saturated carbocycles. The molecule has 3 aromatic carbocycles. The zero-order valence-corrected chi connectivity index (χ0v) is 17.5. The number of amides is 2. The molecule has 0 spiro atoms. The minimum atomic E-state index is -0.966. The molecule has 0 unspecified atom stereocenters. The maximum Gasteiger partial charge on any atom is 0.329 e. The van der Waals surface area contributed by atoms with Gasteiger partial charge in [0, 0.05) is 5.02 Å². The van der Waals surface area contributed by atoms with Crippen LogP contribution in [0.25, 0.3) is 0 Å². The second-order valence-electron chi connectivity index (χ2n) is 6.26. The number of hydrazone groups is 1. The van der Waals surface area contributed by atoms with Crippen LogP contribution in [0.2, 0.25) is 10.0 Å². The van der Waals surface area contributed by atoms with Crippen LogP contribution in [0.1, 0.15) is 11.1 Å². The summed E-state index contributed by atoms with van der Waals surface area (Å²) < 4.78 is 18.5. The molecule has 0 bridgehead atoms. The van der Waals surface area contributed by atoms with Crippen LogP contribution < -0.4 is 15.5 Å². The molecule has 31 heavy (non-hydrogen) atoms. The lowest BCUT2D eigenvalue weighted by Crippen LogP contribution is -2.32. The molecule has 0 radical (unpaired) electrons. The van der Waals surface area contributed by atoms with E-state index in [9.17, 15) is 14.0 Å². The first-order valence-corrected chi connectivity index (χ1v) is 9.73. The molecule has 3 aromatic rings. The van der Waals surface area contributed by atoms with E-state index < -0.39 is 11.8 Å². The highest BCUT2D eigenvalue weighted by molar-refractivity contribution is 6.42. The quantitative estimate of drug-likeness (QED) is 0.315. The summed E-state index contributed by atoms with van der Waals surface area (Å²) in [4.78, 5) is 23.8. The second-order valence-corrected chi connectivity index (χ2v) is 7.11. The Kier molecular flexibility index (Phi) is 7.59. The van der Waals surface area contributed by atoms with Crippen LogP contribution >= 0.6 is 23.2 Å². The number of hydrogen-bond acceptors (Lipinski definition) is 4. The highest BCUT2D eigenvalue weighted by Crippen LogP contribution is 2.25. The number of nitrogens with zero attached hydrogens (tertiary/aromatic N) is 1. The van der Waals surface area contributed by atoms with E-state index in [-0.39, 0.29) is 16.5 Å². The number of carbonyl (C=O) groups excluding carboxylic acids is 2. The first-order chi connectivity index (χ1) is 14.9. The maximum atomic E-state index is 12.9. The SMILES string of the molecule is O=C(NN=Cc1ccc(OCc2ccc(F)cc2)cc1)C(=O)Nc1cc(Cl)ccc1Cl. The summed E-state index contributed by atoms with van der Waals surface area (Å²) in [6, 6.07) is 17.4. The van der Waals surface area contributed by atoms with E-state index in [1.807, 2.05) is 0 Å². The van der Waals surface area contributed by atoms with Crippen molar-refractivity contribution in [1.82, 2.24) is 5.43 Å². The van der Waals surface area contributed by atoms with Crippen LogP contribution in [0, 0.1) is 5.82 Å². The number of rotatable bonds is 6. The molecule has 158 valence electrons. The van der Waals surface area contributed by atoms with Crippen molar-refractivity contribution in [3.05, 3.63) is 93.7 Å². The van der Waals surface area contributed by atoms with Crippen LogP contribution in [0.3, 0.4) is 0 Å². The number of anilines is 1. The van der Waals surface area contributed by atoms with Gasteiger partial charge in [-0.2, -0.15) is 5.10 Å². The van der Waals surface area contributed by atoms with E-state index in [0.717, 1.165) is 5.56 Å². The third-order valence-electron chi connectivity index (χ3n) is 3.96. The topological polar surface area (TPSA) is 79.8 Å². The second kappa shape index (κ2) is 10.6. The highest BCUT2D eigenvalue weighted by Gasteiger charge is 2.14. The zero-order valence-electron chi connectivity index (χ0n) is 15.9. The molecule has 3 rings (SSSR count). The van der Waals surface area contributed by atoms with Crippen molar-refractivity contribution in [2.75, 3.05) is 5.32 Å². The third-order valence-corrected chi connectivity index (χ3v) is 4.53. The Morgan fingerprint density at radius 1 is 0.968 bits per heavy atom. The molecular formula is C22H16Cl2FN3O3. The van der Waals surface area contributed by atoms with Gasteiger partial charge in [-0.25, -0.2) is 9.82 Å². The first kappa shape index (κ1) is 22.3. The molecule has 2 N–H and O–H groups in total. The molecule has 0 heterocycles. The third kappa shape index (κ3) is 6.80. The van der Waals surface area contributed by atoms with Crippen molar-refractivity contribution in [2.45, 2.75) is 6.61 Å². The molecule has 0 aliphatic rings. The van der Waals surface area contributed by atoms with Gasteiger partial charge >= 0.3 is 11.8 Å². The Labute approximate surface area is 187 Å². The molecule has 0 aliphatic carbocycles. The maximum absolute atomic E-state index is 12.9. The van der Waals surface area contributed by atoms with E-state index in [0.29, 0.717) is 22.9 Å². The largest absolute Gasteiger partial charge is 0.489 e. The Hall–Kier alpha value is -3.42. The van der Waals surface area contributed by atoms with Gasteiger partial charge in [-0.15, -0.1) is 0 Å². The minimum absolute atomic E-state index is 0.217. The average molecular weight is 460 g/mol. The molecule has 9 heteroatoms. The lowest BCUT2D eigenvalue weighted by molar-refractivity contribution is -0.136. The van der Waals surface area contributed by atoms with E-state index in [4.69, 9.17) is 27.9 Å². The highest BCUT2D eigenvalue weighted by atomic mass is 35.5. The van der Waals surface area contributed by atoms with Gasteiger partial charge < -0.3 is 10.1 Å². The lowest BCUT2D eigenvalue weighted by Gasteiger charge is -2.07. The lowest BCUT2D eigenvalue weighted by atomic mass is 10.2. The minimum Gasteiger partial charge on any atom is -0.489 e. The van der Waals surface area contributed by atoms with Gasteiger partial charge in [0.25, 0.3) is 0 Å². The van der Waals surface area contributed by atoms with E-state index in [2.05, 4.69) is 15.8 Å². The van der Waals surface area contributed by atoms with E-state index in [1.54, 1.807) is 42.5 Å². The van der Waals surface area contributed by atoms with Crippen molar-refractivity contribution < 1.29 is 18.7 Å². The molecular weight excluding hydrogens is 444 g/mol. The van der Waals surface area contributed by atoms with Gasteiger partial charge in [-0.3, -0.25) is 9.59 Å². The Morgan fingerprint density at radius 3 is 2.39 bits per heavy atom. The molecule has 0 atom stereocenters. The first-order valence-electron chi connectivity index (χ1n) is 8.97. The van der Waals surface area contributed by atoms with Crippen LogP contribution in [0.5, 0.6) is 5.75 Å². The number of carbonyl (C=O) groups is 2. The van der Waals surface area contributed by atoms with Gasteiger partial charge in [-0.05, 0) is 65.7 Å². The number of halogens is 3. The van der Waals surface area contributed by atoms with Crippen LogP contribution in [-0.2, 0) is 16.2 Å². The van der Waals surface area contributed by atoms with Gasteiger partial charge in [-0.1, -0.05) is 35.3 Å². The fourth-order valence-corrected chi connectivity index (χ4v) is 2.72. The smallest absolute Gasteiger partial charge is 0.329 e. The standard InChI is InChI=1S/C22H16Cl2FN3O3/c23-16-5-10-19(24)20(11-16)27-21(29)22(30)28-26-12-14-3-8-18(9-4-14)31-13-15-1-6-17(25)7-2-15/h1-12H,13H2,(H,27,29)(H,28,30).